The van der Waals surface area contributed by atoms with E-state index < -0.39 is 0 Å². The minimum Gasteiger partial charge on any atom is -0.489 e. The fourth-order valence-corrected chi connectivity index (χ4v) is 1.89. The van der Waals surface area contributed by atoms with Crippen LogP contribution in [-0.2, 0) is 6.61 Å². The van der Waals surface area contributed by atoms with Crippen LogP contribution in [0.5, 0.6) is 5.75 Å². The highest BCUT2D eigenvalue weighted by molar-refractivity contribution is 6.30. The third-order valence-electron chi connectivity index (χ3n) is 2.59. The van der Waals surface area contributed by atoms with Crippen LogP contribution in [0, 0.1) is 18.3 Å². The molecule has 0 amide bonds. The van der Waals surface area contributed by atoms with Gasteiger partial charge in [-0.05, 0) is 48.4 Å². The summed E-state index contributed by atoms with van der Waals surface area (Å²) < 4.78 is 5.71. The zero-order chi connectivity index (χ0) is 13.0. The molecular formula is C15H12ClNO. The Morgan fingerprint density at radius 2 is 2.06 bits per heavy atom. The first kappa shape index (κ1) is 12.5. The molecule has 0 radical (unpaired) electrons. The summed E-state index contributed by atoms with van der Waals surface area (Å²) >= 11 is 5.88. The Morgan fingerprint density at radius 3 is 2.78 bits per heavy atom. The van der Waals surface area contributed by atoms with Gasteiger partial charge in [-0.25, -0.2) is 0 Å². The van der Waals surface area contributed by atoms with E-state index in [0.717, 1.165) is 16.9 Å². The van der Waals surface area contributed by atoms with Crippen molar-refractivity contribution in [2.75, 3.05) is 0 Å². The Morgan fingerprint density at radius 1 is 1.22 bits per heavy atom. The molecule has 90 valence electrons. The van der Waals surface area contributed by atoms with Crippen LogP contribution in [0.1, 0.15) is 16.7 Å². The number of nitrogens with zero attached hydrogens (tertiary/aromatic N) is 1. The van der Waals surface area contributed by atoms with Crippen LogP contribution in [0.3, 0.4) is 0 Å². The van der Waals surface area contributed by atoms with E-state index in [1.807, 2.05) is 37.3 Å². The molecule has 2 aromatic carbocycles. The fourth-order valence-electron chi connectivity index (χ4n) is 1.67. The van der Waals surface area contributed by atoms with Crippen LogP contribution in [0.25, 0.3) is 0 Å². The lowest BCUT2D eigenvalue weighted by atomic mass is 10.1. The molecule has 3 heteroatoms. The van der Waals surface area contributed by atoms with E-state index in [1.54, 1.807) is 12.1 Å². The Balaban J connectivity index is 2.09. The molecule has 0 aliphatic rings. The van der Waals surface area contributed by atoms with Crippen molar-refractivity contribution in [3.8, 4) is 11.8 Å². The lowest BCUT2D eigenvalue weighted by molar-refractivity contribution is 0.304. The molecule has 0 bridgehead atoms. The molecule has 0 saturated heterocycles. The average Bonchev–Trinajstić information content (AvgIpc) is 2.38. The van der Waals surface area contributed by atoms with Gasteiger partial charge in [-0.1, -0.05) is 23.7 Å². The van der Waals surface area contributed by atoms with Crippen molar-refractivity contribution in [1.82, 2.24) is 0 Å². The Bertz CT molecular complexity index is 602. The molecule has 0 unspecified atom stereocenters. The number of aryl methyl sites for hydroxylation is 1. The van der Waals surface area contributed by atoms with Gasteiger partial charge >= 0.3 is 0 Å². The van der Waals surface area contributed by atoms with E-state index in [0.29, 0.717) is 17.2 Å². The molecule has 0 N–H and O–H groups in total. The highest BCUT2D eigenvalue weighted by Gasteiger charge is 2.01. The van der Waals surface area contributed by atoms with Crippen LogP contribution < -0.4 is 4.74 Å². The number of halogens is 1. The zero-order valence-electron chi connectivity index (χ0n) is 9.98. The Kier molecular flexibility index (Phi) is 3.86. The largest absolute Gasteiger partial charge is 0.489 e. The molecule has 2 rings (SSSR count). The highest BCUT2D eigenvalue weighted by Crippen LogP contribution is 2.22. The van der Waals surface area contributed by atoms with Gasteiger partial charge in [0, 0.05) is 5.02 Å². The minimum atomic E-state index is 0.442. The van der Waals surface area contributed by atoms with Crippen molar-refractivity contribution in [3.05, 3.63) is 64.2 Å². The maximum absolute atomic E-state index is 8.82. The topological polar surface area (TPSA) is 33.0 Å². The maximum Gasteiger partial charge on any atom is 0.122 e. The van der Waals surface area contributed by atoms with E-state index in [4.69, 9.17) is 21.6 Å². The van der Waals surface area contributed by atoms with Gasteiger partial charge in [0.2, 0.25) is 0 Å². The van der Waals surface area contributed by atoms with Gasteiger partial charge in [0.25, 0.3) is 0 Å². The van der Waals surface area contributed by atoms with Crippen molar-refractivity contribution in [3.63, 3.8) is 0 Å². The minimum absolute atomic E-state index is 0.442. The van der Waals surface area contributed by atoms with E-state index in [2.05, 4.69) is 6.07 Å². The molecule has 0 fully saturated rings. The molecule has 2 nitrogen and oxygen atoms in total. The summed E-state index contributed by atoms with van der Waals surface area (Å²) in [6, 6.07) is 15.0. The molecule has 0 aliphatic carbocycles. The molecule has 0 spiro atoms. The Labute approximate surface area is 111 Å². The summed E-state index contributed by atoms with van der Waals surface area (Å²) in [5.41, 5.74) is 2.62. The van der Waals surface area contributed by atoms with E-state index >= 15 is 0 Å². The van der Waals surface area contributed by atoms with Gasteiger partial charge in [-0.2, -0.15) is 5.26 Å². The predicted molar refractivity (Wildman–Crippen MR) is 71.7 cm³/mol. The number of hydrogen-bond donors (Lipinski definition) is 0. The van der Waals surface area contributed by atoms with Crippen LogP contribution in [-0.4, -0.2) is 0 Å². The van der Waals surface area contributed by atoms with Crippen LogP contribution in [0.2, 0.25) is 5.02 Å². The number of nitriles is 1. The van der Waals surface area contributed by atoms with Gasteiger partial charge < -0.3 is 4.74 Å². The lowest BCUT2D eigenvalue weighted by Crippen LogP contribution is -1.97. The molecule has 18 heavy (non-hydrogen) atoms. The number of benzene rings is 2. The Hall–Kier alpha value is -1.98. The predicted octanol–water partition coefficient (Wildman–Crippen LogP) is 4.10. The van der Waals surface area contributed by atoms with Crippen LogP contribution in [0.4, 0.5) is 0 Å². The second-order valence-electron chi connectivity index (χ2n) is 4.01. The van der Waals surface area contributed by atoms with E-state index in [-0.39, 0.29) is 0 Å². The van der Waals surface area contributed by atoms with Crippen LogP contribution >= 0.6 is 11.6 Å². The zero-order valence-corrected chi connectivity index (χ0v) is 10.7. The van der Waals surface area contributed by atoms with Gasteiger partial charge in [0.15, 0.2) is 0 Å². The molecule has 2 aromatic rings. The van der Waals surface area contributed by atoms with Crippen molar-refractivity contribution in [2.24, 2.45) is 0 Å². The first-order valence-electron chi connectivity index (χ1n) is 5.57. The summed E-state index contributed by atoms with van der Waals surface area (Å²) in [5, 5.41) is 9.52. The second kappa shape index (κ2) is 5.57. The number of hydrogen-bond acceptors (Lipinski definition) is 2. The summed E-state index contributed by atoms with van der Waals surface area (Å²) in [6.45, 7) is 2.39. The standard InChI is InChI=1S/C15H12ClNO/c1-11-7-14(16)5-6-15(11)18-10-13-4-2-3-12(8-13)9-17/h2-8H,10H2,1H3. The fraction of sp³-hybridized carbons (Fsp3) is 0.133. The highest BCUT2D eigenvalue weighted by atomic mass is 35.5. The average molecular weight is 258 g/mol. The summed E-state index contributed by atoms with van der Waals surface area (Å²) in [4.78, 5) is 0. The maximum atomic E-state index is 8.82. The third kappa shape index (κ3) is 3.03. The van der Waals surface area contributed by atoms with Gasteiger partial charge in [-0.3, -0.25) is 0 Å². The smallest absolute Gasteiger partial charge is 0.122 e. The van der Waals surface area contributed by atoms with Crippen molar-refractivity contribution < 1.29 is 4.74 Å². The monoisotopic (exact) mass is 257 g/mol. The van der Waals surface area contributed by atoms with Crippen molar-refractivity contribution in [2.45, 2.75) is 13.5 Å². The number of ether oxygens (including phenoxy) is 1. The summed E-state index contributed by atoms with van der Waals surface area (Å²) in [6.07, 6.45) is 0. The molecule has 0 saturated carbocycles. The normalized spacial score (nSPS) is 9.83. The van der Waals surface area contributed by atoms with Gasteiger partial charge in [0.05, 0.1) is 11.6 Å². The summed E-state index contributed by atoms with van der Waals surface area (Å²) in [5.74, 6) is 0.807. The van der Waals surface area contributed by atoms with Crippen LogP contribution in [0.15, 0.2) is 42.5 Å². The molecule has 0 atom stereocenters. The third-order valence-corrected chi connectivity index (χ3v) is 2.82. The quantitative estimate of drug-likeness (QED) is 0.829. The first-order chi connectivity index (χ1) is 8.69. The molecule has 0 heterocycles. The molecule has 0 aliphatic heterocycles. The first-order valence-corrected chi connectivity index (χ1v) is 5.95. The SMILES string of the molecule is Cc1cc(Cl)ccc1OCc1cccc(C#N)c1. The molecule has 0 aromatic heterocycles. The van der Waals surface area contributed by atoms with Gasteiger partial charge in [-0.15, -0.1) is 0 Å². The lowest BCUT2D eigenvalue weighted by Gasteiger charge is -2.09. The molecular weight excluding hydrogens is 246 g/mol. The van der Waals surface area contributed by atoms with Crippen molar-refractivity contribution >= 4 is 11.6 Å². The van der Waals surface area contributed by atoms with Crippen molar-refractivity contribution in [1.29, 1.82) is 5.26 Å². The van der Waals surface area contributed by atoms with E-state index in [1.165, 1.54) is 0 Å². The van der Waals surface area contributed by atoms with Gasteiger partial charge in [0.1, 0.15) is 12.4 Å². The second-order valence-corrected chi connectivity index (χ2v) is 4.45. The van der Waals surface area contributed by atoms with E-state index in [9.17, 15) is 0 Å². The number of rotatable bonds is 3. The summed E-state index contributed by atoms with van der Waals surface area (Å²) in [7, 11) is 0.